The van der Waals surface area contributed by atoms with Crippen molar-refractivity contribution in [3.05, 3.63) is 70.7 Å². The molecule has 3 rings (SSSR count). The second-order valence-corrected chi connectivity index (χ2v) is 8.99. The third-order valence-corrected chi connectivity index (χ3v) is 6.04. The predicted molar refractivity (Wildman–Crippen MR) is 127 cm³/mol. The minimum atomic E-state index is -1.18. The fourth-order valence-corrected chi connectivity index (χ4v) is 3.97. The number of aliphatic carboxylic acids is 1. The van der Waals surface area contributed by atoms with Crippen molar-refractivity contribution in [1.82, 2.24) is 10.5 Å². The molecule has 1 heterocycles. The lowest BCUT2D eigenvalue weighted by molar-refractivity contribution is -0.149. The molecule has 0 spiro atoms. The topological polar surface area (TPSA) is 122 Å². The number of rotatable bonds is 11. The van der Waals surface area contributed by atoms with E-state index in [2.05, 4.69) is 10.5 Å². The zero-order chi connectivity index (χ0) is 25.6. The van der Waals surface area contributed by atoms with Crippen LogP contribution in [0.15, 0.2) is 53.1 Å². The number of hydrogen-bond donors (Lipinski definition) is 3. The van der Waals surface area contributed by atoms with Crippen LogP contribution in [0.3, 0.4) is 0 Å². The molecule has 0 unspecified atom stereocenters. The van der Waals surface area contributed by atoms with E-state index < -0.39 is 35.0 Å². The number of amides is 1. The second-order valence-electron chi connectivity index (χ2n) is 8.56. The number of carboxylic acids is 1. The average molecular weight is 505 g/mol. The summed E-state index contributed by atoms with van der Waals surface area (Å²) in [4.78, 5) is 24.7. The van der Waals surface area contributed by atoms with Crippen LogP contribution in [0.5, 0.6) is 5.88 Å². The van der Waals surface area contributed by atoms with Crippen LogP contribution in [-0.4, -0.2) is 47.0 Å². The maximum absolute atomic E-state index is 14.2. The van der Waals surface area contributed by atoms with Crippen molar-refractivity contribution in [3.8, 4) is 17.0 Å². The first-order valence-corrected chi connectivity index (χ1v) is 11.2. The summed E-state index contributed by atoms with van der Waals surface area (Å²) < 4.78 is 24.1. The van der Waals surface area contributed by atoms with Gasteiger partial charge in [-0.05, 0) is 60.7 Å². The summed E-state index contributed by atoms with van der Waals surface area (Å²) in [6.45, 7) is 1.83. The molecule has 0 fully saturated rings. The van der Waals surface area contributed by atoms with Gasteiger partial charge < -0.3 is 24.8 Å². The van der Waals surface area contributed by atoms with Gasteiger partial charge in [0.2, 0.25) is 5.76 Å². The highest BCUT2D eigenvalue weighted by Gasteiger charge is 2.36. The number of nitrogens with one attached hydrogen (secondary N) is 1. The molecule has 1 amide bonds. The molecule has 0 radical (unpaired) electrons. The molecule has 0 saturated heterocycles. The lowest BCUT2D eigenvalue weighted by Gasteiger charge is -2.30. The molecule has 10 heteroatoms. The number of methoxy groups -OCH3 is 1. The number of aromatic nitrogens is 1. The van der Waals surface area contributed by atoms with Crippen LogP contribution < -0.4 is 5.32 Å². The van der Waals surface area contributed by atoms with E-state index in [0.717, 1.165) is 11.6 Å². The van der Waals surface area contributed by atoms with Gasteiger partial charge in [-0.15, -0.1) is 0 Å². The molecular formula is C25H26ClFN2O6. The molecule has 0 saturated carbocycles. The van der Waals surface area contributed by atoms with Crippen LogP contribution in [0.2, 0.25) is 5.02 Å². The third kappa shape index (κ3) is 6.80. The summed E-state index contributed by atoms with van der Waals surface area (Å²) in [5.41, 5.74) is 0.599. The maximum atomic E-state index is 14.2. The van der Waals surface area contributed by atoms with Gasteiger partial charge in [0.25, 0.3) is 11.8 Å². The Hall–Kier alpha value is -3.43. The second kappa shape index (κ2) is 11.3. The number of benzene rings is 2. The van der Waals surface area contributed by atoms with Crippen LogP contribution in [0, 0.1) is 11.2 Å². The maximum Gasteiger partial charge on any atom is 0.309 e. The van der Waals surface area contributed by atoms with E-state index in [0.29, 0.717) is 22.6 Å². The van der Waals surface area contributed by atoms with Gasteiger partial charge in [0.15, 0.2) is 0 Å². The Morgan fingerprint density at radius 3 is 2.54 bits per heavy atom. The minimum Gasteiger partial charge on any atom is -0.491 e. The van der Waals surface area contributed by atoms with E-state index in [9.17, 15) is 24.2 Å². The summed E-state index contributed by atoms with van der Waals surface area (Å²) in [6.07, 6.45) is 0.628. The van der Waals surface area contributed by atoms with Crippen LogP contribution in [0.1, 0.15) is 35.9 Å². The van der Waals surface area contributed by atoms with Crippen LogP contribution >= 0.6 is 11.6 Å². The quantitative estimate of drug-likeness (QED) is 0.346. The Balaban J connectivity index is 1.84. The molecule has 3 N–H and O–H groups in total. The number of ether oxygens (including phenoxy) is 1. The number of halogens is 2. The molecule has 186 valence electrons. The fourth-order valence-electron chi connectivity index (χ4n) is 3.79. The van der Waals surface area contributed by atoms with Crippen molar-refractivity contribution in [2.24, 2.45) is 5.41 Å². The number of nitrogens with zero attached hydrogens (tertiary/aromatic N) is 1. The highest BCUT2D eigenvalue weighted by Crippen LogP contribution is 2.31. The molecule has 0 aliphatic rings. The van der Waals surface area contributed by atoms with Crippen molar-refractivity contribution >= 4 is 23.5 Å². The third-order valence-electron chi connectivity index (χ3n) is 5.80. The minimum absolute atomic E-state index is 0.0994. The van der Waals surface area contributed by atoms with E-state index in [1.165, 1.54) is 25.3 Å². The molecule has 8 nitrogen and oxygen atoms in total. The van der Waals surface area contributed by atoms with Gasteiger partial charge >= 0.3 is 5.97 Å². The molecule has 2 aromatic carbocycles. The Kier molecular flexibility index (Phi) is 8.48. The summed E-state index contributed by atoms with van der Waals surface area (Å²) >= 11 is 6.00. The van der Waals surface area contributed by atoms with Gasteiger partial charge in [0.05, 0.1) is 11.5 Å². The average Bonchev–Trinajstić information content (AvgIpc) is 3.26. The number of carbonyl (C=O) groups is 2. The van der Waals surface area contributed by atoms with Crippen molar-refractivity contribution in [1.29, 1.82) is 0 Å². The monoisotopic (exact) mass is 504 g/mol. The molecule has 2 atom stereocenters. The molecule has 3 aromatic rings. The number of hydrogen-bond acceptors (Lipinski definition) is 6. The predicted octanol–water partition coefficient (Wildman–Crippen LogP) is 4.70. The Bertz CT molecular complexity index is 1180. The molecule has 0 aliphatic heterocycles. The van der Waals surface area contributed by atoms with Crippen LogP contribution in [-0.2, 0) is 16.0 Å². The summed E-state index contributed by atoms with van der Waals surface area (Å²) in [6, 6.07) is 11.8. The molecule has 0 bridgehead atoms. The highest BCUT2D eigenvalue weighted by atomic mass is 35.5. The Morgan fingerprint density at radius 1 is 1.23 bits per heavy atom. The van der Waals surface area contributed by atoms with E-state index in [-0.39, 0.29) is 25.2 Å². The smallest absolute Gasteiger partial charge is 0.309 e. The van der Waals surface area contributed by atoms with E-state index in [4.69, 9.17) is 20.9 Å². The van der Waals surface area contributed by atoms with Crippen molar-refractivity contribution < 1.29 is 33.5 Å². The number of aromatic hydroxyl groups is 1. The highest BCUT2D eigenvalue weighted by molar-refractivity contribution is 6.30. The van der Waals surface area contributed by atoms with E-state index in [1.807, 2.05) is 0 Å². The first-order chi connectivity index (χ1) is 16.6. The first-order valence-electron chi connectivity index (χ1n) is 10.8. The van der Waals surface area contributed by atoms with Gasteiger partial charge in [-0.1, -0.05) is 35.9 Å². The largest absolute Gasteiger partial charge is 0.491 e. The van der Waals surface area contributed by atoms with Gasteiger partial charge in [-0.25, -0.2) is 4.39 Å². The molecular weight excluding hydrogens is 479 g/mol. The summed E-state index contributed by atoms with van der Waals surface area (Å²) in [5, 5.41) is 25.7. The van der Waals surface area contributed by atoms with Gasteiger partial charge in [-0.2, -0.15) is 0 Å². The van der Waals surface area contributed by atoms with Crippen LogP contribution in [0.25, 0.3) is 11.1 Å². The van der Waals surface area contributed by atoms with E-state index >= 15 is 0 Å². The standard InChI is InChI=1S/C25H26ClFN2O6/c1-25(24(32)33,9-10-34-2)14-18(28-23(31)21-13-22(30)29-35-21)11-15-3-5-16(6-4-15)19-12-17(26)7-8-20(19)27/h3-8,12-13,18H,9-11,14H2,1-2H3,(H,28,31)(H,29,30)(H,32,33)/t18-,25-/m1/s1. The lowest BCUT2D eigenvalue weighted by Crippen LogP contribution is -2.43. The summed E-state index contributed by atoms with van der Waals surface area (Å²) in [7, 11) is 1.49. The van der Waals surface area contributed by atoms with Gasteiger partial charge in [-0.3, -0.25) is 9.59 Å². The van der Waals surface area contributed by atoms with Crippen molar-refractivity contribution in [2.45, 2.75) is 32.2 Å². The fraction of sp³-hybridized carbons (Fsp3) is 0.320. The molecule has 0 aliphatic carbocycles. The lowest BCUT2D eigenvalue weighted by atomic mass is 9.79. The van der Waals surface area contributed by atoms with Crippen molar-refractivity contribution in [3.63, 3.8) is 0 Å². The Labute approximate surface area is 206 Å². The first kappa shape index (κ1) is 26.2. The summed E-state index contributed by atoms with van der Waals surface area (Å²) in [5.74, 6) is -2.70. The zero-order valence-corrected chi connectivity index (χ0v) is 20.0. The number of carboxylic acid groups (broad SMARTS) is 1. The normalized spacial score (nSPS) is 13.7. The SMILES string of the molecule is COCC[C@](C)(C[C@@H](Cc1ccc(-c2cc(Cl)ccc2F)cc1)NC(=O)c1cc(O)no1)C(=O)O. The van der Waals surface area contributed by atoms with Crippen molar-refractivity contribution in [2.75, 3.05) is 13.7 Å². The molecule has 1 aromatic heterocycles. The number of carbonyl (C=O) groups excluding carboxylic acids is 1. The Morgan fingerprint density at radius 2 is 1.94 bits per heavy atom. The molecule has 35 heavy (non-hydrogen) atoms. The van der Waals surface area contributed by atoms with E-state index in [1.54, 1.807) is 31.2 Å². The zero-order valence-electron chi connectivity index (χ0n) is 19.3. The van der Waals surface area contributed by atoms with Gasteiger partial charge in [0.1, 0.15) is 5.82 Å². The van der Waals surface area contributed by atoms with Gasteiger partial charge in [0, 0.05) is 30.3 Å². The van der Waals surface area contributed by atoms with Crippen LogP contribution in [0.4, 0.5) is 4.39 Å².